The number of aromatic amines is 1. The molecule has 0 atom stereocenters. The summed E-state index contributed by atoms with van der Waals surface area (Å²) in [6.07, 6.45) is 0.861. The third-order valence-corrected chi connectivity index (χ3v) is 1.92. The fourth-order valence-corrected chi connectivity index (χ4v) is 0.873. The highest BCUT2D eigenvalue weighted by atomic mass is 16.1. The number of hydrogen-bond donors (Lipinski definition) is 1. The molecule has 1 rings (SSSR count). The van der Waals surface area contributed by atoms with Crippen LogP contribution in [0.15, 0.2) is 0 Å². The minimum Gasteiger partial charge on any atom is -0.302 e. The van der Waals surface area contributed by atoms with Crippen molar-refractivity contribution in [1.29, 1.82) is 0 Å². The van der Waals surface area contributed by atoms with Crippen LogP contribution in [-0.4, -0.2) is 21.5 Å². The molecule has 0 aromatic carbocycles. The van der Waals surface area contributed by atoms with E-state index < -0.39 is 5.41 Å². The Labute approximate surface area is 77.8 Å². The molecule has 0 spiro atoms. The van der Waals surface area contributed by atoms with Crippen molar-refractivity contribution in [3.63, 3.8) is 0 Å². The fraction of sp³-hybridized carbons (Fsp3) is 0.667. The van der Waals surface area contributed by atoms with Gasteiger partial charge in [0.1, 0.15) is 12.1 Å². The maximum absolute atomic E-state index is 10.7. The standard InChI is InChI=1S/C9H15N3O/c1-6(2)7-10-8(12-11-7)9(3,4)5-13/h5-6H,1-4H3,(H,10,11,12). The van der Waals surface area contributed by atoms with Gasteiger partial charge in [-0.3, -0.25) is 5.10 Å². The van der Waals surface area contributed by atoms with Crippen molar-refractivity contribution in [2.24, 2.45) is 0 Å². The lowest BCUT2D eigenvalue weighted by atomic mass is 9.95. The van der Waals surface area contributed by atoms with Crippen molar-refractivity contribution in [1.82, 2.24) is 15.2 Å². The lowest BCUT2D eigenvalue weighted by Crippen LogP contribution is -2.20. The van der Waals surface area contributed by atoms with Crippen LogP contribution in [0.5, 0.6) is 0 Å². The number of hydrogen-bond acceptors (Lipinski definition) is 3. The monoisotopic (exact) mass is 181 g/mol. The lowest BCUT2D eigenvalue weighted by molar-refractivity contribution is -0.111. The molecule has 4 nitrogen and oxygen atoms in total. The molecule has 13 heavy (non-hydrogen) atoms. The Kier molecular flexibility index (Phi) is 2.50. The van der Waals surface area contributed by atoms with Crippen LogP contribution >= 0.6 is 0 Å². The number of aldehydes is 1. The fourth-order valence-electron chi connectivity index (χ4n) is 0.873. The molecule has 0 aliphatic heterocycles. The third kappa shape index (κ3) is 1.94. The Morgan fingerprint density at radius 1 is 1.46 bits per heavy atom. The molecule has 0 radical (unpaired) electrons. The summed E-state index contributed by atoms with van der Waals surface area (Å²) in [7, 11) is 0. The summed E-state index contributed by atoms with van der Waals surface area (Å²) in [5, 5.41) is 6.84. The van der Waals surface area contributed by atoms with Gasteiger partial charge in [0, 0.05) is 5.92 Å². The molecule has 1 heterocycles. The van der Waals surface area contributed by atoms with Crippen LogP contribution in [0.1, 0.15) is 45.3 Å². The lowest BCUT2D eigenvalue weighted by Gasteiger charge is -2.10. The number of aromatic nitrogens is 3. The van der Waals surface area contributed by atoms with E-state index in [0.717, 1.165) is 12.1 Å². The quantitative estimate of drug-likeness (QED) is 0.717. The Morgan fingerprint density at radius 2 is 2.08 bits per heavy atom. The summed E-state index contributed by atoms with van der Waals surface area (Å²) >= 11 is 0. The molecule has 72 valence electrons. The van der Waals surface area contributed by atoms with Gasteiger partial charge in [0.25, 0.3) is 0 Å². The van der Waals surface area contributed by atoms with Gasteiger partial charge in [0.05, 0.1) is 5.41 Å². The van der Waals surface area contributed by atoms with E-state index in [4.69, 9.17) is 0 Å². The van der Waals surface area contributed by atoms with Crippen molar-refractivity contribution >= 4 is 6.29 Å². The second-order valence-electron chi connectivity index (χ2n) is 4.04. The van der Waals surface area contributed by atoms with E-state index in [2.05, 4.69) is 15.2 Å². The van der Waals surface area contributed by atoms with Crippen molar-refractivity contribution in [2.75, 3.05) is 0 Å². The highest BCUT2D eigenvalue weighted by molar-refractivity contribution is 5.64. The van der Waals surface area contributed by atoms with Gasteiger partial charge in [-0.05, 0) is 13.8 Å². The Bertz CT molecular complexity index is 302. The van der Waals surface area contributed by atoms with Gasteiger partial charge in [-0.15, -0.1) is 0 Å². The normalized spacial score (nSPS) is 12.1. The maximum Gasteiger partial charge on any atom is 0.163 e. The zero-order valence-electron chi connectivity index (χ0n) is 8.46. The predicted octanol–water partition coefficient (Wildman–Crippen LogP) is 1.40. The maximum atomic E-state index is 10.7. The molecule has 0 aliphatic carbocycles. The molecular weight excluding hydrogens is 166 g/mol. The molecule has 0 fully saturated rings. The van der Waals surface area contributed by atoms with Gasteiger partial charge in [-0.25, -0.2) is 4.98 Å². The zero-order chi connectivity index (χ0) is 10.1. The number of rotatable bonds is 3. The molecule has 1 aromatic heterocycles. The number of nitrogens with one attached hydrogen (secondary N) is 1. The molecule has 1 N–H and O–H groups in total. The second-order valence-corrected chi connectivity index (χ2v) is 4.04. The van der Waals surface area contributed by atoms with E-state index >= 15 is 0 Å². The molecule has 4 heteroatoms. The first-order valence-electron chi connectivity index (χ1n) is 4.36. The average Bonchev–Trinajstić information content (AvgIpc) is 2.52. The minimum absolute atomic E-state index is 0.309. The summed E-state index contributed by atoms with van der Waals surface area (Å²) in [5.74, 6) is 1.69. The number of H-pyrrole nitrogens is 1. The van der Waals surface area contributed by atoms with Crippen molar-refractivity contribution < 1.29 is 4.79 Å². The van der Waals surface area contributed by atoms with Crippen LogP contribution < -0.4 is 0 Å². The largest absolute Gasteiger partial charge is 0.302 e. The average molecular weight is 181 g/mol. The van der Waals surface area contributed by atoms with Crippen LogP contribution in [0.3, 0.4) is 0 Å². The Morgan fingerprint density at radius 3 is 2.46 bits per heavy atom. The van der Waals surface area contributed by atoms with Crippen molar-refractivity contribution in [3.05, 3.63) is 11.6 Å². The molecule has 0 amide bonds. The van der Waals surface area contributed by atoms with E-state index in [1.54, 1.807) is 13.8 Å². The van der Waals surface area contributed by atoms with Crippen molar-refractivity contribution in [3.8, 4) is 0 Å². The van der Waals surface area contributed by atoms with Crippen LogP contribution in [0.2, 0.25) is 0 Å². The first-order chi connectivity index (χ1) is 5.97. The Hall–Kier alpha value is -1.19. The minimum atomic E-state index is -0.594. The molecular formula is C9H15N3O. The number of carbonyl (C=O) groups excluding carboxylic acids is 1. The topological polar surface area (TPSA) is 58.6 Å². The summed E-state index contributed by atoms with van der Waals surface area (Å²) in [6, 6.07) is 0. The molecule has 0 unspecified atom stereocenters. The molecule has 1 aromatic rings. The van der Waals surface area contributed by atoms with Gasteiger partial charge in [0.2, 0.25) is 0 Å². The highest BCUT2D eigenvalue weighted by Gasteiger charge is 2.25. The predicted molar refractivity (Wildman–Crippen MR) is 49.6 cm³/mol. The van der Waals surface area contributed by atoms with Gasteiger partial charge >= 0.3 is 0 Å². The van der Waals surface area contributed by atoms with Gasteiger partial charge in [-0.1, -0.05) is 13.8 Å². The van der Waals surface area contributed by atoms with Crippen LogP contribution in [-0.2, 0) is 10.2 Å². The van der Waals surface area contributed by atoms with Crippen molar-refractivity contribution in [2.45, 2.75) is 39.0 Å². The van der Waals surface area contributed by atoms with Gasteiger partial charge in [0.15, 0.2) is 5.82 Å². The zero-order valence-corrected chi connectivity index (χ0v) is 8.46. The first kappa shape index (κ1) is 9.89. The van der Waals surface area contributed by atoms with Gasteiger partial charge in [-0.2, -0.15) is 5.10 Å². The summed E-state index contributed by atoms with van der Waals surface area (Å²) < 4.78 is 0. The molecule has 0 saturated heterocycles. The third-order valence-electron chi connectivity index (χ3n) is 1.92. The second kappa shape index (κ2) is 3.28. The van der Waals surface area contributed by atoms with Crippen LogP contribution in [0, 0.1) is 0 Å². The van der Waals surface area contributed by atoms with E-state index in [1.165, 1.54) is 0 Å². The highest BCUT2D eigenvalue weighted by Crippen LogP contribution is 2.18. The molecule has 0 aliphatic rings. The summed E-state index contributed by atoms with van der Waals surface area (Å²) in [6.45, 7) is 7.65. The van der Waals surface area contributed by atoms with Crippen LogP contribution in [0.25, 0.3) is 0 Å². The van der Waals surface area contributed by atoms with E-state index in [9.17, 15) is 4.79 Å². The van der Waals surface area contributed by atoms with Gasteiger partial charge < -0.3 is 4.79 Å². The van der Waals surface area contributed by atoms with E-state index in [1.807, 2.05) is 13.8 Å². The first-order valence-corrected chi connectivity index (χ1v) is 4.36. The summed E-state index contributed by atoms with van der Waals surface area (Å²) in [4.78, 5) is 15.0. The SMILES string of the molecule is CC(C)c1nc(C(C)(C)C=O)n[nH]1. The number of carbonyl (C=O) groups is 1. The molecule has 0 saturated carbocycles. The molecule has 0 bridgehead atoms. The van der Waals surface area contributed by atoms with Crippen LogP contribution in [0.4, 0.5) is 0 Å². The smallest absolute Gasteiger partial charge is 0.163 e. The number of nitrogens with zero attached hydrogens (tertiary/aromatic N) is 2. The Balaban J connectivity index is 2.98. The summed E-state index contributed by atoms with van der Waals surface area (Å²) in [5.41, 5.74) is -0.594. The van der Waals surface area contributed by atoms with E-state index in [-0.39, 0.29) is 0 Å². The van der Waals surface area contributed by atoms with E-state index in [0.29, 0.717) is 11.7 Å².